The lowest BCUT2D eigenvalue weighted by molar-refractivity contribution is -0.384. The van der Waals surface area contributed by atoms with Crippen LogP contribution >= 0.6 is 0 Å². The molecule has 3 aromatic rings. The van der Waals surface area contributed by atoms with Crippen LogP contribution in [0.25, 0.3) is 0 Å². The number of nitro benzene ring substituents is 1. The van der Waals surface area contributed by atoms with Crippen molar-refractivity contribution in [2.75, 3.05) is 7.11 Å². The van der Waals surface area contributed by atoms with Gasteiger partial charge in [0.1, 0.15) is 11.6 Å². The summed E-state index contributed by atoms with van der Waals surface area (Å²) in [5, 5.41) is 13.7. The molecule has 1 N–H and O–H groups in total. The van der Waals surface area contributed by atoms with Crippen molar-refractivity contribution < 1.29 is 28.4 Å². The molecule has 0 saturated carbocycles. The molecular weight excluding hydrogens is 409 g/mol. The van der Waals surface area contributed by atoms with Crippen molar-refractivity contribution in [3.05, 3.63) is 93.4 Å². The van der Waals surface area contributed by atoms with Crippen molar-refractivity contribution in [1.29, 1.82) is 0 Å². The number of methoxy groups -OCH3 is 1. The molecule has 1 aromatic heterocycles. The molecule has 3 rings (SSSR count). The fraction of sp³-hybridized carbons (Fsp3) is 0.0952. The molecule has 0 aliphatic rings. The maximum Gasteiger partial charge on any atom is 0.338 e. The first-order valence-electron chi connectivity index (χ1n) is 8.90. The zero-order valence-electron chi connectivity index (χ0n) is 16.2. The van der Waals surface area contributed by atoms with Crippen LogP contribution in [0.5, 0.6) is 11.6 Å². The molecule has 0 unspecified atom stereocenters. The van der Waals surface area contributed by atoms with Gasteiger partial charge in [-0.1, -0.05) is 6.07 Å². The average molecular weight is 425 g/mol. The Morgan fingerprint density at radius 2 is 1.81 bits per heavy atom. The number of carbonyl (C=O) groups excluding carboxylic acids is 2. The molecule has 0 bridgehead atoms. The van der Waals surface area contributed by atoms with Gasteiger partial charge in [0.05, 0.1) is 17.6 Å². The predicted molar refractivity (Wildman–Crippen MR) is 106 cm³/mol. The zero-order chi connectivity index (χ0) is 22.4. The van der Waals surface area contributed by atoms with E-state index < -0.39 is 22.5 Å². The van der Waals surface area contributed by atoms with E-state index >= 15 is 0 Å². The van der Waals surface area contributed by atoms with E-state index in [-0.39, 0.29) is 29.4 Å². The Hall–Kier alpha value is -4.34. The number of benzene rings is 2. The van der Waals surface area contributed by atoms with Crippen LogP contribution in [0.1, 0.15) is 26.3 Å². The Labute approximate surface area is 175 Å². The third-order valence-electron chi connectivity index (χ3n) is 4.10. The van der Waals surface area contributed by atoms with Gasteiger partial charge in [0.15, 0.2) is 0 Å². The first-order valence-corrected chi connectivity index (χ1v) is 8.90. The number of nitrogens with one attached hydrogen (secondary N) is 1. The third-order valence-corrected chi connectivity index (χ3v) is 4.10. The first-order chi connectivity index (χ1) is 14.9. The zero-order valence-corrected chi connectivity index (χ0v) is 16.2. The number of nitro groups is 1. The number of pyridine rings is 1. The third kappa shape index (κ3) is 5.60. The van der Waals surface area contributed by atoms with E-state index in [0.717, 1.165) is 19.2 Å². The number of rotatable bonds is 7. The summed E-state index contributed by atoms with van der Waals surface area (Å²) in [4.78, 5) is 38.6. The lowest BCUT2D eigenvalue weighted by Crippen LogP contribution is -2.23. The number of nitrogens with zero attached hydrogens (tertiary/aromatic N) is 2. The van der Waals surface area contributed by atoms with Crippen molar-refractivity contribution in [2.45, 2.75) is 6.54 Å². The topological polar surface area (TPSA) is 121 Å². The van der Waals surface area contributed by atoms with Gasteiger partial charge in [0.25, 0.3) is 11.6 Å². The van der Waals surface area contributed by atoms with Gasteiger partial charge in [0.2, 0.25) is 5.88 Å². The van der Waals surface area contributed by atoms with Crippen LogP contribution in [0.3, 0.4) is 0 Å². The minimum absolute atomic E-state index is 0.0566. The number of non-ortho nitro benzene ring substituents is 1. The van der Waals surface area contributed by atoms with Crippen LogP contribution < -0.4 is 10.1 Å². The summed E-state index contributed by atoms with van der Waals surface area (Å²) in [5.41, 5.74) is 0.0695. The minimum atomic E-state index is -0.793. The van der Waals surface area contributed by atoms with Crippen LogP contribution in [0.15, 0.2) is 60.8 Å². The van der Waals surface area contributed by atoms with Crippen LogP contribution in [0.4, 0.5) is 10.1 Å². The van der Waals surface area contributed by atoms with Crippen molar-refractivity contribution >= 4 is 17.6 Å². The van der Waals surface area contributed by atoms with E-state index in [2.05, 4.69) is 15.0 Å². The van der Waals surface area contributed by atoms with E-state index in [1.807, 2.05) is 0 Å². The number of ether oxygens (including phenoxy) is 2. The molecule has 0 aliphatic carbocycles. The molecular formula is C21H16FN3O6. The van der Waals surface area contributed by atoms with Crippen molar-refractivity contribution in [1.82, 2.24) is 10.3 Å². The fourth-order valence-corrected chi connectivity index (χ4v) is 2.57. The van der Waals surface area contributed by atoms with E-state index in [1.54, 1.807) is 12.1 Å². The molecule has 0 spiro atoms. The van der Waals surface area contributed by atoms with Gasteiger partial charge in [-0.05, 0) is 35.9 Å². The number of aromatic nitrogens is 1. The Balaban J connectivity index is 1.66. The highest BCUT2D eigenvalue weighted by molar-refractivity contribution is 5.98. The molecule has 2 aromatic carbocycles. The smallest absolute Gasteiger partial charge is 0.338 e. The highest BCUT2D eigenvalue weighted by Gasteiger charge is 2.18. The normalized spacial score (nSPS) is 10.3. The van der Waals surface area contributed by atoms with E-state index in [4.69, 9.17) is 4.74 Å². The Morgan fingerprint density at radius 1 is 1.10 bits per heavy atom. The van der Waals surface area contributed by atoms with Crippen LogP contribution in [0, 0.1) is 15.9 Å². The van der Waals surface area contributed by atoms with E-state index in [1.165, 1.54) is 36.5 Å². The summed E-state index contributed by atoms with van der Waals surface area (Å²) < 4.78 is 23.0. The molecule has 0 fully saturated rings. The summed E-state index contributed by atoms with van der Waals surface area (Å²) in [6.07, 6.45) is 1.48. The Morgan fingerprint density at radius 3 is 2.42 bits per heavy atom. The van der Waals surface area contributed by atoms with Gasteiger partial charge in [-0.25, -0.2) is 14.2 Å². The molecule has 0 saturated heterocycles. The summed E-state index contributed by atoms with van der Waals surface area (Å²) in [5.74, 6) is -1.09. The van der Waals surface area contributed by atoms with Gasteiger partial charge in [-0.15, -0.1) is 0 Å². The second-order valence-corrected chi connectivity index (χ2v) is 6.26. The van der Waals surface area contributed by atoms with E-state index in [0.29, 0.717) is 11.3 Å². The minimum Gasteiger partial charge on any atom is -0.465 e. The fourth-order valence-electron chi connectivity index (χ4n) is 2.57. The number of carbonyl (C=O) groups is 2. The number of esters is 1. The van der Waals surface area contributed by atoms with Crippen molar-refractivity contribution in [3.8, 4) is 11.6 Å². The van der Waals surface area contributed by atoms with Crippen LogP contribution in [-0.2, 0) is 11.3 Å². The van der Waals surface area contributed by atoms with Crippen LogP contribution in [0.2, 0.25) is 0 Å². The second kappa shape index (κ2) is 9.44. The number of hydrogen-bond donors (Lipinski definition) is 1. The lowest BCUT2D eigenvalue weighted by Gasteiger charge is -2.08. The molecule has 158 valence electrons. The number of amides is 1. The van der Waals surface area contributed by atoms with Gasteiger partial charge < -0.3 is 14.8 Å². The maximum absolute atomic E-state index is 12.9. The molecule has 1 amide bonds. The van der Waals surface area contributed by atoms with Gasteiger partial charge in [0, 0.05) is 36.5 Å². The summed E-state index contributed by atoms with van der Waals surface area (Å²) in [7, 11) is 1.14. The highest BCUT2D eigenvalue weighted by atomic mass is 19.1. The summed E-state index contributed by atoms with van der Waals surface area (Å²) >= 11 is 0. The largest absolute Gasteiger partial charge is 0.465 e. The predicted octanol–water partition coefficient (Wildman–Crippen LogP) is 3.64. The molecule has 0 radical (unpaired) electrons. The number of hydrogen-bond acceptors (Lipinski definition) is 7. The first kappa shape index (κ1) is 21.4. The average Bonchev–Trinajstić information content (AvgIpc) is 2.79. The van der Waals surface area contributed by atoms with Crippen molar-refractivity contribution in [3.63, 3.8) is 0 Å². The standard InChI is InChI=1S/C21H16FN3O6/c1-30-21(27)15-8-14(9-17(10-15)25(28)29)20(26)24-12-13-2-7-19(23-11-13)31-18-5-3-16(22)4-6-18/h2-11H,12H2,1H3,(H,24,26). The van der Waals surface area contributed by atoms with E-state index in [9.17, 15) is 24.1 Å². The lowest BCUT2D eigenvalue weighted by atomic mass is 10.1. The number of halogens is 1. The highest BCUT2D eigenvalue weighted by Crippen LogP contribution is 2.20. The van der Waals surface area contributed by atoms with Crippen LogP contribution in [-0.4, -0.2) is 28.9 Å². The SMILES string of the molecule is COC(=O)c1cc(C(=O)NCc2ccc(Oc3ccc(F)cc3)nc2)cc([N+](=O)[O-])c1. The Bertz CT molecular complexity index is 1120. The van der Waals surface area contributed by atoms with Gasteiger partial charge in [-0.2, -0.15) is 0 Å². The monoisotopic (exact) mass is 425 g/mol. The van der Waals surface area contributed by atoms with Crippen molar-refractivity contribution in [2.24, 2.45) is 0 Å². The maximum atomic E-state index is 12.9. The summed E-state index contributed by atoms with van der Waals surface area (Å²) in [6, 6.07) is 12.0. The summed E-state index contributed by atoms with van der Waals surface area (Å²) in [6.45, 7) is 0.0823. The van der Waals surface area contributed by atoms with Gasteiger partial charge >= 0.3 is 5.97 Å². The molecule has 9 nitrogen and oxygen atoms in total. The molecule has 0 aliphatic heterocycles. The quantitative estimate of drug-likeness (QED) is 0.348. The molecule has 31 heavy (non-hydrogen) atoms. The second-order valence-electron chi connectivity index (χ2n) is 6.26. The molecule has 1 heterocycles. The van der Waals surface area contributed by atoms with Gasteiger partial charge in [-0.3, -0.25) is 14.9 Å². The Kier molecular flexibility index (Phi) is 6.51. The molecule has 0 atom stereocenters. The molecule has 10 heteroatoms.